The maximum atomic E-state index is 4.50. The minimum atomic E-state index is 0.101. The van der Waals surface area contributed by atoms with E-state index in [1.807, 2.05) is 18.2 Å². The second-order valence-electron chi connectivity index (χ2n) is 5.94. The fourth-order valence-electron chi connectivity index (χ4n) is 2.64. The number of aryl methyl sites for hydroxylation is 2. The molecule has 5 heteroatoms. The van der Waals surface area contributed by atoms with Crippen molar-refractivity contribution in [3.8, 4) is 0 Å². The zero-order valence-corrected chi connectivity index (χ0v) is 14.1. The molecule has 0 spiro atoms. The van der Waals surface area contributed by atoms with Gasteiger partial charge >= 0.3 is 0 Å². The molecule has 1 unspecified atom stereocenters. The van der Waals surface area contributed by atoms with E-state index in [9.17, 15) is 0 Å². The predicted molar refractivity (Wildman–Crippen MR) is 97.5 cm³/mol. The van der Waals surface area contributed by atoms with Gasteiger partial charge in [0.1, 0.15) is 0 Å². The highest BCUT2D eigenvalue weighted by atomic mass is 15.3. The van der Waals surface area contributed by atoms with Gasteiger partial charge in [0.05, 0.1) is 12.2 Å². The molecule has 122 valence electrons. The number of rotatable bonds is 5. The largest absolute Gasteiger partial charge is 0.346 e. The third-order valence-corrected chi connectivity index (χ3v) is 3.70. The Bertz CT molecular complexity index is 797. The van der Waals surface area contributed by atoms with Crippen LogP contribution in [-0.4, -0.2) is 15.2 Å². The van der Waals surface area contributed by atoms with E-state index in [0.717, 1.165) is 5.69 Å². The molecule has 0 saturated heterocycles. The summed E-state index contributed by atoms with van der Waals surface area (Å²) >= 11 is 0. The summed E-state index contributed by atoms with van der Waals surface area (Å²) in [7, 11) is 0. The van der Waals surface area contributed by atoms with Crippen molar-refractivity contribution in [2.45, 2.75) is 26.8 Å². The second kappa shape index (κ2) is 7.08. The Labute approximate surface area is 142 Å². The number of nitrogens with zero attached hydrogens (tertiary/aromatic N) is 3. The minimum Gasteiger partial charge on any atom is -0.346 e. The average molecular weight is 319 g/mol. The highest BCUT2D eigenvalue weighted by Crippen LogP contribution is 2.20. The quantitative estimate of drug-likeness (QED) is 0.729. The van der Waals surface area contributed by atoms with E-state index in [-0.39, 0.29) is 6.04 Å². The lowest BCUT2D eigenvalue weighted by molar-refractivity contribution is 0.841. The Morgan fingerprint density at radius 1 is 0.958 bits per heavy atom. The third kappa shape index (κ3) is 4.07. The molecule has 1 aromatic heterocycles. The second-order valence-corrected chi connectivity index (χ2v) is 5.94. The van der Waals surface area contributed by atoms with Crippen molar-refractivity contribution in [2.75, 3.05) is 10.6 Å². The first-order chi connectivity index (χ1) is 11.6. The van der Waals surface area contributed by atoms with Gasteiger partial charge in [-0.2, -0.15) is 10.1 Å². The number of hydrogen-bond acceptors (Lipinski definition) is 5. The number of benzene rings is 2. The summed E-state index contributed by atoms with van der Waals surface area (Å²) < 4.78 is 0. The Morgan fingerprint density at radius 2 is 1.67 bits per heavy atom. The average Bonchev–Trinajstić information content (AvgIpc) is 2.55. The SMILES string of the molecule is Cc1cc(C)cc(Nc2cnnc(NC(C)c3ccccc3)n2)c1. The summed E-state index contributed by atoms with van der Waals surface area (Å²) in [5.74, 6) is 1.17. The van der Waals surface area contributed by atoms with Gasteiger partial charge in [-0.05, 0) is 49.6 Å². The summed E-state index contributed by atoms with van der Waals surface area (Å²) in [5, 5.41) is 14.7. The molecule has 0 aliphatic rings. The fraction of sp³-hybridized carbons (Fsp3) is 0.211. The van der Waals surface area contributed by atoms with Gasteiger partial charge in [-0.3, -0.25) is 0 Å². The van der Waals surface area contributed by atoms with Crippen LogP contribution in [0.3, 0.4) is 0 Å². The molecule has 0 saturated carbocycles. The smallest absolute Gasteiger partial charge is 0.245 e. The van der Waals surface area contributed by atoms with Crippen LogP contribution in [0.4, 0.5) is 17.5 Å². The highest BCUT2D eigenvalue weighted by molar-refractivity contribution is 5.58. The van der Waals surface area contributed by atoms with Crippen molar-refractivity contribution in [2.24, 2.45) is 0 Å². The van der Waals surface area contributed by atoms with E-state index < -0.39 is 0 Å². The van der Waals surface area contributed by atoms with Gasteiger partial charge in [-0.25, -0.2) is 0 Å². The van der Waals surface area contributed by atoms with Crippen LogP contribution in [0.2, 0.25) is 0 Å². The predicted octanol–water partition coefficient (Wildman–Crippen LogP) is 4.41. The van der Waals surface area contributed by atoms with Gasteiger partial charge in [-0.15, -0.1) is 5.10 Å². The Hall–Kier alpha value is -2.95. The molecule has 0 radical (unpaired) electrons. The van der Waals surface area contributed by atoms with E-state index in [0.29, 0.717) is 11.8 Å². The van der Waals surface area contributed by atoms with E-state index in [4.69, 9.17) is 0 Å². The first-order valence-electron chi connectivity index (χ1n) is 7.97. The first kappa shape index (κ1) is 15.9. The summed E-state index contributed by atoms with van der Waals surface area (Å²) in [4.78, 5) is 4.50. The molecular formula is C19H21N5. The van der Waals surface area contributed by atoms with Crippen molar-refractivity contribution in [3.05, 3.63) is 71.4 Å². The van der Waals surface area contributed by atoms with E-state index >= 15 is 0 Å². The molecule has 0 fully saturated rings. The summed E-state index contributed by atoms with van der Waals surface area (Å²) in [6.07, 6.45) is 1.62. The van der Waals surface area contributed by atoms with Crippen molar-refractivity contribution in [1.29, 1.82) is 0 Å². The van der Waals surface area contributed by atoms with Crippen LogP contribution in [-0.2, 0) is 0 Å². The van der Waals surface area contributed by atoms with Crippen LogP contribution in [0.5, 0.6) is 0 Å². The molecule has 0 bridgehead atoms. The summed E-state index contributed by atoms with van der Waals surface area (Å²) in [6.45, 7) is 6.22. The molecule has 0 aliphatic heterocycles. The first-order valence-corrected chi connectivity index (χ1v) is 7.97. The molecule has 0 amide bonds. The molecule has 1 heterocycles. The van der Waals surface area contributed by atoms with Crippen LogP contribution in [0.25, 0.3) is 0 Å². The molecular weight excluding hydrogens is 298 g/mol. The van der Waals surface area contributed by atoms with Crippen LogP contribution < -0.4 is 10.6 Å². The van der Waals surface area contributed by atoms with Crippen LogP contribution >= 0.6 is 0 Å². The summed E-state index contributed by atoms with van der Waals surface area (Å²) in [5.41, 5.74) is 4.58. The zero-order valence-electron chi connectivity index (χ0n) is 14.1. The minimum absolute atomic E-state index is 0.101. The lowest BCUT2D eigenvalue weighted by Crippen LogP contribution is -2.10. The Balaban J connectivity index is 1.74. The van der Waals surface area contributed by atoms with Crippen LogP contribution in [0.15, 0.2) is 54.7 Å². The zero-order chi connectivity index (χ0) is 16.9. The normalized spacial score (nSPS) is 11.8. The van der Waals surface area contributed by atoms with Crippen molar-refractivity contribution >= 4 is 17.5 Å². The van der Waals surface area contributed by atoms with Gasteiger partial charge in [-0.1, -0.05) is 36.4 Å². The number of hydrogen-bond donors (Lipinski definition) is 2. The highest BCUT2D eigenvalue weighted by Gasteiger charge is 2.08. The van der Waals surface area contributed by atoms with E-state index in [1.54, 1.807) is 6.20 Å². The standard InChI is InChI=1S/C19H21N5/c1-13-9-14(2)11-17(10-13)22-18-12-20-24-19(23-18)21-15(3)16-7-5-4-6-8-16/h4-12,15H,1-3H3,(H2,21,22,23,24). The molecule has 3 aromatic rings. The molecule has 2 N–H and O–H groups in total. The lowest BCUT2D eigenvalue weighted by atomic mass is 10.1. The van der Waals surface area contributed by atoms with Gasteiger partial charge in [0.15, 0.2) is 5.82 Å². The molecule has 3 rings (SSSR count). The Morgan fingerprint density at radius 3 is 2.38 bits per heavy atom. The van der Waals surface area contributed by atoms with Gasteiger partial charge < -0.3 is 10.6 Å². The van der Waals surface area contributed by atoms with E-state index in [2.05, 4.69) is 76.9 Å². The van der Waals surface area contributed by atoms with Gasteiger partial charge in [0, 0.05) is 5.69 Å². The van der Waals surface area contributed by atoms with Crippen molar-refractivity contribution < 1.29 is 0 Å². The topological polar surface area (TPSA) is 62.7 Å². The molecule has 5 nitrogen and oxygen atoms in total. The molecule has 2 aromatic carbocycles. The van der Waals surface area contributed by atoms with Crippen LogP contribution in [0, 0.1) is 13.8 Å². The van der Waals surface area contributed by atoms with Crippen molar-refractivity contribution in [3.63, 3.8) is 0 Å². The van der Waals surface area contributed by atoms with Crippen molar-refractivity contribution in [1.82, 2.24) is 15.2 Å². The third-order valence-electron chi connectivity index (χ3n) is 3.70. The summed E-state index contributed by atoms with van der Waals surface area (Å²) in [6, 6.07) is 16.6. The van der Waals surface area contributed by atoms with E-state index in [1.165, 1.54) is 16.7 Å². The molecule has 24 heavy (non-hydrogen) atoms. The maximum absolute atomic E-state index is 4.50. The maximum Gasteiger partial charge on any atom is 0.245 e. The lowest BCUT2D eigenvalue weighted by Gasteiger charge is -2.14. The number of aromatic nitrogens is 3. The van der Waals surface area contributed by atoms with Gasteiger partial charge in [0.25, 0.3) is 0 Å². The Kier molecular flexibility index (Phi) is 4.70. The molecule has 0 aliphatic carbocycles. The fourth-order valence-corrected chi connectivity index (χ4v) is 2.64. The monoisotopic (exact) mass is 319 g/mol. The van der Waals surface area contributed by atoms with Crippen LogP contribution in [0.1, 0.15) is 29.7 Å². The number of anilines is 3. The molecule has 1 atom stereocenters. The van der Waals surface area contributed by atoms with Gasteiger partial charge in [0.2, 0.25) is 5.95 Å². The number of nitrogens with one attached hydrogen (secondary N) is 2.